The minimum absolute atomic E-state index is 0. The molecule has 6 heteroatoms. The monoisotopic (exact) mass is 460 g/mol. The van der Waals surface area contributed by atoms with Gasteiger partial charge < -0.3 is 17.4 Å². The predicted octanol–water partition coefficient (Wildman–Crippen LogP) is 4.43. The van der Waals surface area contributed by atoms with Gasteiger partial charge in [-0.2, -0.15) is 0 Å². The maximum absolute atomic E-state index is 12.9. The average Bonchev–Trinajstić information content (AvgIpc) is 2.66. The van der Waals surface area contributed by atoms with Gasteiger partial charge in [0.05, 0.1) is 17.9 Å². The maximum Gasteiger partial charge on any atom is 2.00 e. The number of ether oxygens (including phenoxy) is 2. The van der Waals surface area contributed by atoms with Crippen molar-refractivity contribution >= 4 is 49.7 Å². The molecule has 1 N–H and O–H groups in total. The van der Waals surface area contributed by atoms with Gasteiger partial charge in [-0.15, -0.1) is 0 Å². The Morgan fingerprint density at radius 2 is 2.00 bits per heavy atom. The quantitative estimate of drug-likeness (QED) is 0.469. The number of cyclic esters (lactones) is 1. The predicted molar refractivity (Wildman–Crippen MR) is 123 cm³/mol. The van der Waals surface area contributed by atoms with Crippen molar-refractivity contribution < 1.29 is 27.0 Å². The Morgan fingerprint density at radius 3 is 2.65 bits per heavy atom. The number of rotatable bonds is 6. The molecule has 0 radical (unpaired) electrons. The molecule has 0 amide bonds. The molecular weight excluding hydrogens is 420 g/mol. The molecule has 3 aliphatic rings. The summed E-state index contributed by atoms with van der Waals surface area (Å²) in [5, 5.41) is 9.92. The van der Waals surface area contributed by atoms with Crippen molar-refractivity contribution in [2.24, 2.45) is 29.1 Å². The van der Waals surface area contributed by atoms with Crippen LogP contribution in [0.15, 0.2) is 23.8 Å². The van der Waals surface area contributed by atoms with Crippen molar-refractivity contribution in [2.75, 3.05) is 0 Å². The molecule has 31 heavy (non-hydrogen) atoms. The molecule has 0 spiro atoms. The van der Waals surface area contributed by atoms with Gasteiger partial charge in [-0.1, -0.05) is 39.0 Å². The SMILES string of the molecule is CCC(C)(C)C(=O)O[C@H]1C[C@@H](C)C=C2C=C[C@H](C)[C@H](CC[C@@H]3C[C@@H](O)CC(=O)O3)[C@H]21.[Ca+2].[H-].[H-]. The topological polar surface area (TPSA) is 72.8 Å². The van der Waals surface area contributed by atoms with Gasteiger partial charge in [-0.3, -0.25) is 9.59 Å². The molecule has 3 rings (SSSR count). The average molecular weight is 461 g/mol. The first-order valence-electron chi connectivity index (χ1n) is 11.6. The summed E-state index contributed by atoms with van der Waals surface area (Å²) in [5.41, 5.74) is 0.785. The van der Waals surface area contributed by atoms with E-state index in [0.717, 1.165) is 25.7 Å². The Kier molecular flexibility index (Phi) is 9.69. The van der Waals surface area contributed by atoms with E-state index in [0.29, 0.717) is 24.2 Å². The Bertz CT molecular complexity index is 724. The van der Waals surface area contributed by atoms with E-state index in [2.05, 4.69) is 32.1 Å². The minimum Gasteiger partial charge on any atom is -1.00 e. The van der Waals surface area contributed by atoms with Crippen LogP contribution in [0.25, 0.3) is 0 Å². The molecule has 1 saturated heterocycles. The van der Waals surface area contributed by atoms with E-state index in [9.17, 15) is 14.7 Å². The molecule has 172 valence electrons. The molecule has 0 unspecified atom stereocenters. The van der Waals surface area contributed by atoms with Crippen LogP contribution < -0.4 is 0 Å². The van der Waals surface area contributed by atoms with E-state index < -0.39 is 11.5 Å². The van der Waals surface area contributed by atoms with Gasteiger partial charge in [0.2, 0.25) is 0 Å². The third kappa shape index (κ3) is 6.59. The van der Waals surface area contributed by atoms with E-state index in [1.54, 1.807) is 0 Å². The van der Waals surface area contributed by atoms with Gasteiger partial charge in [-0.25, -0.2) is 0 Å². The summed E-state index contributed by atoms with van der Waals surface area (Å²) in [5.74, 6) is 0.776. The van der Waals surface area contributed by atoms with Gasteiger partial charge in [0.15, 0.2) is 0 Å². The van der Waals surface area contributed by atoms with Crippen LogP contribution in [-0.2, 0) is 19.1 Å². The zero-order chi connectivity index (χ0) is 22.1. The summed E-state index contributed by atoms with van der Waals surface area (Å²) in [6.45, 7) is 10.3. The number of aliphatic hydroxyl groups is 1. The summed E-state index contributed by atoms with van der Waals surface area (Å²) >= 11 is 0. The van der Waals surface area contributed by atoms with Crippen LogP contribution in [0.2, 0.25) is 0 Å². The molecular formula is C25H40CaO5. The normalized spacial score (nSPS) is 35.4. The van der Waals surface area contributed by atoms with Gasteiger partial charge in [-0.05, 0) is 62.9 Å². The number of hydrogen-bond donors (Lipinski definition) is 1. The molecule has 1 fully saturated rings. The Hall–Kier alpha value is -0.360. The molecule has 1 heterocycles. The second-order valence-corrected chi connectivity index (χ2v) is 10.3. The number of aliphatic hydroxyl groups excluding tert-OH is 1. The van der Waals surface area contributed by atoms with Crippen LogP contribution in [0.4, 0.5) is 0 Å². The molecule has 1 aliphatic heterocycles. The zero-order valence-electron chi connectivity index (χ0n) is 21.8. The molecule has 0 aromatic carbocycles. The Balaban J connectivity index is 0.00000341. The van der Waals surface area contributed by atoms with Crippen molar-refractivity contribution in [2.45, 2.75) is 91.5 Å². The van der Waals surface area contributed by atoms with Crippen LogP contribution >= 0.6 is 0 Å². The molecule has 5 nitrogen and oxygen atoms in total. The summed E-state index contributed by atoms with van der Waals surface area (Å²) in [4.78, 5) is 24.6. The summed E-state index contributed by atoms with van der Waals surface area (Å²) in [7, 11) is 0. The van der Waals surface area contributed by atoms with Crippen molar-refractivity contribution in [3.63, 3.8) is 0 Å². The Labute approximate surface area is 220 Å². The zero-order valence-corrected chi connectivity index (χ0v) is 22.0. The fraction of sp³-hybridized carbons (Fsp3) is 0.760. The third-order valence-electron chi connectivity index (χ3n) is 7.35. The molecule has 0 bridgehead atoms. The van der Waals surface area contributed by atoms with Crippen molar-refractivity contribution in [1.29, 1.82) is 0 Å². The van der Waals surface area contributed by atoms with Crippen molar-refractivity contribution in [3.05, 3.63) is 23.8 Å². The second-order valence-electron chi connectivity index (χ2n) is 10.3. The molecule has 0 aromatic heterocycles. The molecule has 0 aromatic rings. The molecule has 2 aliphatic carbocycles. The standard InChI is InChI=1S/C25H38O5.Ca.2H/c1-6-25(4,5)24(28)30-21-12-15(2)11-17-8-7-16(3)20(23(17)21)10-9-19-13-18(26)14-22(27)29-19;;;/h7-8,11,15-16,18-21,23,26H,6,9-10,12-14H2,1-5H3;;;/q;+2;2*-1/t15-,16-,18+,19+,20-,21-,23-;;;/m0.../s1. The van der Waals surface area contributed by atoms with E-state index in [1.165, 1.54) is 5.57 Å². The summed E-state index contributed by atoms with van der Waals surface area (Å²) < 4.78 is 11.6. The number of carbonyl (C=O) groups excluding carboxylic acids is 2. The first kappa shape index (κ1) is 26.9. The first-order valence-corrected chi connectivity index (χ1v) is 11.6. The van der Waals surface area contributed by atoms with Gasteiger partial charge in [0, 0.05) is 12.3 Å². The van der Waals surface area contributed by atoms with E-state index in [4.69, 9.17) is 9.47 Å². The van der Waals surface area contributed by atoms with E-state index in [-0.39, 0.29) is 77.1 Å². The number of allylic oxidation sites excluding steroid dienone is 3. The maximum atomic E-state index is 12.9. The first-order chi connectivity index (χ1) is 14.1. The fourth-order valence-corrected chi connectivity index (χ4v) is 5.08. The van der Waals surface area contributed by atoms with Gasteiger partial charge >= 0.3 is 49.7 Å². The number of fused-ring (bicyclic) bond motifs is 1. The smallest absolute Gasteiger partial charge is 1.00 e. The molecule has 7 atom stereocenters. The summed E-state index contributed by atoms with van der Waals surface area (Å²) in [6, 6.07) is 0. The van der Waals surface area contributed by atoms with E-state index >= 15 is 0 Å². The van der Waals surface area contributed by atoms with Crippen molar-refractivity contribution in [3.8, 4) is 0 Å². The number of hydrogen-bond acceptors (Lipinski definition) is 5. The number of esters is 2. The van der Waals surface area contributed by atoms with Crippen LogP contribution in [0.3, 0.4) is 0 Å². The van der Waals surface area contributed by atoms with Crippen LogP contribution in [0.1, 0.15) is 76.0 Å². The third-order valence-corrected chi connectivity index (χ3v) is 7.35. The van der Waals surface area contributed by atoms with Crippen LogP contribution in [-0.4, -0.2) is 73.1 Å². The summed E-state index contributed by atoms with van der Waals surface area (Å²) in [6.07, 6.45) is 9.61. The van der Waals surface area contributed by atoms with Gasteiger partial charge in [0.25, 0.3) is 0 Å². The molecule has 0 saturated carbocycles. The van der Waals surface area contributed by atoms with Crippen molar-refractivity contribution in [1.82, 2.24) is 0 Å². The minimum atomic E-state index is -0.601. The van der Waals surface area contributed by atoms with Crippen LogP contribution in [0, 0.1) is 29.1 Å². The van der Waals surface area contributed by atoms with Crippen LogP contribution in [0.5, 0.6) is 0 Å². The fourth-order valence-electron chi connectivity index (χ4n) is 5.08. The second kappa shape index (κ2) is 11.2. The largest absolute Gasteiger partial charge is 2.00 e. The number of carbonyl (C=O) groups is 2. The Morgan fingerprint density at radius 1 is 1.29 bits per heavy atom. The van der Waals surface area contributed by atoms with E-state index in [1.807, 2.05) is 20.8 Å². The van der Waals surface area contributed by atoms with Gasteiger partial charge in [0.1, 0.15) is 12.2 Å².